The Morgan fingerprint density at radius 3 is 2.90 bits per heavy atom. The number of rotatable bonds is 3. The van der Waals surface area contributed by atoms with Crippen molar-refractivity contribution in [1.29, 1.82) is 0 Å². The largest absolute Gasteiger partial charge is 0.397 e. The molecule has 106 valence electrons. The number of tetrazole rings is 1. The van der Waals surface area contributed by atoms with Gasteiger partial charge in [0.1, 0.15) is 17.0 Å². The van der Waals surface area contributed by atoms with Crippen molar-refractivity contribution in [2.75, 3.05) is 11.1 Å². The molecule has 3 aromatic rings. The van der Waals surface area contributed by atoms with E-state index in [1.807, 2.05) is 0 Å². The van der Waals surface area contributed by atoms with E-state index in [1.165, 1.54) is 40.5 Å². The summed E-state index contributed by atoms with van der Waals surface area (Å²) in [4.78, 5) is 12.4. The van der Waals surface area contributed by atoms with Gasteiger partial charge in [-0.15, -0.1) is 16.4 Å². The Bertz CT molecular complexity index is 785. The van der Waals surface area contributed by atoms with Crippen molar-refractivity contribution in [3.05, 3.63) is 46.7 Å². The van der Waals surface area contributed by atoms with Crippen LogP contribution in [0.3, 0.4) is 0 Å². The van der Waals surface area contributed by atoms with Crippen molar-refractivity contribution in [3.63, 3.8) is 0 Å². The number of thiophene rings is 1. The molecule has 0 aliphatic carbocycles. The highest BCUT2D eigenvalue weighted by Gasteiger charge is 2.14. The first kappa shape index (κ1) is 13.2. The average Bonchev–Trinajstić information content (AvgIpc) is 3.12. The van der Waals surface area contributed by atoms with Crippen molar-refractivity contribution in [3.8, 4) is 5.69 Å². The molecule has 0 saturated carbocycles. The Morgan fingerprint density at radius 1 is 1.38 bits per heavy atom. The molecular weight excluding hydrogens is 295 g/mol. The minimum atomic E-state index is -0.560. The fourth-order valence-electron chi connectivity index (χ4n) is 1.71. The zero-order valence-electron chi connectivity index (χ0n) is 10.5. The molecule has 0 spiro atoms. The second-order valence-electron chi connectivity index (χ2n) is 4.08. The average molecular weight is 304 g/mol. The van der Waals surface area contributed by atoms with Crippen LogP contribution in [0, 0.1) is 5.82 Å². The third-order valence-corrected chi connectivity index (χ3v) is 3.64. The fraction of sp³-hybridized carbons (Fsp3) is 0. The van der Waals surface area contributed by atoms with Crippen LogP contribution in [0.5, 0.6) is 0 Å². The van der Waals surface area contributed by atoms with Gasteiger partial charge in [-0.3, -0.25) is 4.79 Å². The molecule has 0 bridgehead atoms. The number of hydrogen-bond acceptors (Lipinski definition) is 6. The number of nitrogens with two attached hydrogens (primary N) is 1. The van der Waals surface area contributed by atoms with Crippen LogP contribution in [0.2, 0.25) is 0 Å². The van der Waals surface area contributed by atoms with Gasteiger partial charge in [0.25, 0.3) is 5.91 Å². The zero-order valence-corrected chi connectivity index (χ0v) is 11.3. The van der Waals surface area contributed by atoms with Crippen LogP contribution in [0.1, 0.15) is 9.67 Å². The number of aromatic nitrogens is 4. The van der Waals surface area contributed by atoms with Crippen LogP contribution < -0.4 is 11.1 Å². The lowest BCUT2D eigenvalue weighted by molar-refractivity contribution is 0.103. The molecule has 3 N–H and O–H groups in total. The van der Waals surface area contributed by atoms with Gasteiger partial charge >= 0.3 is 0 Å². The summed E-state index contributed by atoms with van der Waals surface area (Å²) < 4.78 is 15.2. The number of nitrogens with zero attached hydrogens (tertiary/aromatic N) is 4. The molecule has 0 atom stereocenters. The van der Waals surface area contributed by atoms with E-state index in [0.29, 0.717) is 16.3 Å². The highest BCUT2D eigenvalue weighted by Crippen LogP contribution is 2.23. The Labute approximate surface area is 122 Å². The number of carbonyl (C=O) groups excluding carboxylic acids is 1. The van der Waals surface area contributed by atoms with Crippen LogP contribution in [0.15, 0.2) is 36.0 Å². The molecule has 7 nitrogen and oxygen atoms in total. The molecule has 21 heavy (non-hydrogen) atoms. The molecule has 1 aromatic carbocycles. The van der Waals surface area contributed by atoms with Crippen molar-refractivity contribution in [2.24, 2.45) is 0 Å². The number of hydrogen-bond donors (Lipinski definition) is 2. The molecule has 2 aromatic heterocycles. The van der Waals surface area contributed by atoms with E-state index in [0.717, 1.165) is 0 Å². The van der Waals surface area contributed by atoms with Gasteiger partial charge in [-0.1, -0.05) is 0 Å². The summed E-state index contributed by atoms with van der Waals surface area (Å²) in [5, 5.41) is 14.9. The van der Waals surface area contributed by atoms with Crippen LogP contribution in [-0.4, -0.2) is 26.1 Å². The van der Waals surface area contributed by atoms with E-state index in [4.69, 9.17) is 5.73 Å². The van der Waals surface area contributed by atoms with Gasteiger partial charge in [-0.05, 0) is 40.1 Å². The van der Waals surface area contributed by atoms with E-state index in [-0.39, 0.29) is 5.69 Å². The Balaban J connectivity index is 1.90. The van der Waals surface area contributed by atoms with Crippen molar-refractivity contribution >= 4 is 28.6 Å². The highest BCUT2D eigenvalue weighted by atomic mass is 32.1. The standard InChI is InChI=1S/C12H9FN6OS/c13-8-2-1-7(19-6-15-17-18-19)5-10(8)16-12(20)11-9(14)3-4-21-11/h1-6H,14H2,(H,16,20). The second kappa shape index (κ2) is 5.29. The van der Waals surface area contributed by atoms with Crippen LogP contribution >= 0.6 is 11.3 Å². The van der Waals surface area contributed by atoms with E-state index < -0.39 is 11.7 Å². The fourth-order valence-corrected chi connectivity index (χ4v) is 2.43. The molecular formula is C12H9FN6OS. The molecule has 0 unspecified atom stereocenters. The van der Waals surface area contributed by atoms with Gasteiger partial charge in [0, 0.05) is 0 Å². The van der Waals surface area contributed by atoms with Gasteiger partial charge in [0.05, 0.1) is 17.1 Å². The molecule has 2 heterocycles. The SMILES string of the molecule is Nc1ccsc1C(=O)Nc1cc(-n2cnnn2)ccc1F. The molecule has 0 fully saturated rings. The highest BCUT2D eigenvalue weighted by molar-refractivity contribution is 7.12. The number of benzene rings is 1. The minimum absolute atomic E-state index is 0.0285. The first-order valence-corrected chi connectivity index (χ1v) is 6.70. The summed E-state index contributed by atoms with van der Waals surface area (Å²) in [5.41, 5.74) is 6.57. The maximum Gasteiger partial charge on any atom is 0.267 e. The Morgan fingerprint density at radius 2 is 2.24 bits per heavy atom. The summed E-state index contributed by atoms with van der Waals surface area (Å²) in [6.45, 7) is 0. The van der Waals surface area contributed by atoms with E-state index in [1.54, 1.807) is 11.4 Å². The first-order chi connectivity index (χ1) is 10.1. The number of carbonyl (C=O) groups is 1. The third-order valence-electron chi connectivity index (χ3n) is 2.71. The molecule has 1 amide bonds. The maximum absolute atomic E-state index is 13.8. The monoisotopic (exact) mass is 304 g/mol. The maximum atomic E-state index is 13.8. The summed E-state index contributed by atoms with van der Waals surface area (Å²) in [6.07, 6.45) is 1.37. The molecule has 0 aliphatic heterocycles. The normalized spacial score (nSPS) is 10.5. The lowest BCUT2D eigenvalue weighted by Crippen LogP contribution is -2.13. The van der Waals surface area contributed by atoms with Crippen LogP contribution in [-0.2, 0) is 0 Å². The molecule has 0 aliphatic rings. The first-order valence-electron chi connectivity index (χ1n) is 5.82. The van der Waals surface area contributed by atoms with Crippen molar-refractivity contribution in [1.82, 2.24) is 20.2 Å². The van der Waals surface area contributed by atoms with E-state index in [9.17, 15) is 9.18 Å². The van der Waals surface area contributed by atoms with E-state index in [2.05, 4.69) is 20.8 Å². The summed E-state index contributed by atoms with van der Waals surface area (Å²) in [6, 6.07) is 5.78. The van der Waals surface area contributed by atoms with Crippen molar-refractivity contribution in [2.45, 2.75) is 0 Å². The van der Waals surface area contributed by atoms with Gasteiger partial charge in [0.15, 0.2) is 0 Å². The lowest BCUT2D eigenvalue weighted by atomic mass is 10.2. The molecule has 9 heteroatoms. The van der Waals surface area contributed by atoms with Crippen LogP contribution in [0.4, 0.5) is 15.8 Å². The number of nitrogen functional groups attached to an aromatic ring is 1. The Hall–Kier alpha value is -2.81. The lowest BCUT2D eigenvalue weighted by Gasteiger charge is -2.08. The molecule has 3 rings (SSSR count). The summed E-state index contributed by atoms with van der Waals surface area (Å²) >= 11 is 1.19. The zero-order chi connectivity index (χ0) is 14.8. The van der Waals surface area contributed by atoms with E-state index >= 15 is 0 Å². The quantitative estimate of drug-likeness (QED) is 0.767. The van der Waals surface area contributed by atoms with Crippen molar-refractivity contribution < 1.29 is 9.18 Å². The smallest absolute Gasteiger partial charge is 0.267 e. The molecule has 0 radical (unpaired) electrons. The predicted molar refractivity (Wildman–Crippen MR) is 75.8 cm³/mol. The van der Waals surface area contributed by atoms with Gasteiger partial charge < -0.3 is 11.1 Å². The number of halogens is 1. The van der Waals surface area contributed by atoms with Gasteiger partial charge in [-0.2, -0.15) is 0 Å². The van der Waals surface area contributed by atoms with Gasteiger partial charge in [-0.25, -0.2) is 9.07 Å². The van der Waals surface area contributed by atoms with Gasteiger partial charge in [0.2, 0.25) is 0 Å². The number of nitrogens with one attached hydrogen (secondary N) is 1. The number of amides is 1. The van der Waals surface area contributed by atoms with Crippen LogP contribution in [0.25, 0.3) is 5.69 Å². The minimum Gasteiger partial charge on any atom is -0.397 e. The topological polar surface area (TPSA) is 98.7 Å². The second-order valence-corrected chi connectivity index (χ2v) is 4.99. The summed E-state index contributed by atoms with van der Waals surface area (Å²) in [7, 11) is 0. The third kappa shape index (κ3) is 2.58. The Kier molecular flexibility index (Phi) is 3.32. The summed E-state index contributed by atoms with van der Waals surface area (Å²) in [5.74, 6) is -1.02. The predicted octanol–water partition coefficient (Wildman–Crippen LogP) is 1.70. The number of anilines is 2. The molecule has 0 saturated heterocycles.